The van der Waals surface area contributed by atoms with Gasteiger partial charge in [0.05, 0.1) is 5.02 Å². The summed E-state index contributed by atoms with van der Waals surface area (Å²) in [6, 6.07) is 4.17. The van der Waals surface area contributed by atoms with Crippen molar-refractivity contribution in [2.45, 2.75) is 39.2 Å². The largest absolute Gasteiger partial charge is 0.488 e. The number of nitrogens with one attached hydrogen (secondary N) is 1. The fourth-order valence-electron chi connectivity index (χ4n) is 1.63. The van der Waals surface area contributed by atoms with Gasteiger partial charge in [0.2, 0.25) is 0 Å². The van der Waals surface area contributed by atoms with Crippen LogP contribution >= 0.6 is 11.6 Å². The van der Waals surface area contributed by atoms with E-state index in [2.05, 4.69) is 12.2 Å². The van der Waals surface area contributed by atoms with Gasteiger partial charge in [-0.2, -0.15) is 0 Å². The maximum Gasteiger partial charge on any atom is 0.138 e. The Kier molecular flexibility index (Phi) is 7.06. The summed E-state index contributed by atoms with van der Waals surface area (Å²) in [6.07, 6.45) is 3.65. The molecule has 2 nitrogen and oxygen atoms in total. The Bertz CT molecular complexity index is 360. The molecule has 1 aromatic carbocycles. The predicted octanol–water partition coefficient (Wildman–Crippen LogP) is 4.03. The first-order chi connectivity index (χ1) is 8.63. The third kappa shape index (κ3) is 5.69. The van der Waals surface area contributed by atoms with Crippen molar-refractivity contribution in [1.29, 1.82) is 0 Å². The first-order valence-corrected chi connectivity index (χ1v) is 6.83. The van der Waals surface area contributed by atoms with E-state index in [1.807, 2.05) is 6.92 Å². The monoisotopic (exact) mass is 273 g/mol. The number of hydrogen-bond acceptors (Lipinski definition) is 2. The zero-order valence-corrected chi connectivity index (χ0v) is 11.8. The second-order valence-corrected chi connectivity index (χ2v) is 4.82. The van der Waals surface area contributed by atoms with Gasteiger partial charge in [-0.3, -0.25) is 0 Å². The van der Waals surface area contributed by atoms with E-state index in [-0.39, 0.29) is 11.9 Å². The SMILES string of the molecule is CCCCCNCC(C)Oc1ccc(F)cc1Cl. The molecule has 0 spiro atoms. The number of halogens is 2. The zero-order valence-electron chi connectivity index (χ0n) is 11.0. The molecule has 1 rings (SSSR count). The molecule has 0 aliphatic rings. The summed E-state index contributed by atoms with van der Waals surface area (Å²) in [4.78, 5) is 0. The molecule has 0 saturated heterocycles. The van der Waals surface area contributed by atoms with Gasteiger partial charge in [-0.05, 0) is 38.1 Å². The molecule has 1 atom stereocenters. The molecule has 1 N–H and O–H groups in total. The van der Waals surface area contributed by atoms with Gasteiger partial charge in [0.1, 0.15) is 17.7 Å². The van der Waals surface area contributed by atoms with E-state index in [1.54, 1.807) is 6.07 Å². The van der Waals surface area contributed by atoms with Crippen molar-refractivity contribution in [3.63, 3.8) is 0 Å². The Morgan fingerprint density at radius 1 is 1.39 bits per heavy atom. The van der Waals surface area contributed by atoms with E-state index < -0.39 is 0 Å². The normalized spacial score (nSPS) is 12.4. The third-order valence-corrected chi connectivity index (χ3v) is 2.91. The van der Waals surface area contributed by atoms with Gasteiger partial charge in [0, 0.05) is 6.54 Å². The van der Waals surface area contributed by atoms with Crippen LogP contribution in [0, 0.1) is 5.82 Å². The average Bonchev–Trinajstić information content (AvgIpc) is 2.32. The first-order valence-electron chi connectivity index (χ1n) is 6.46. The molecule has 0 fully saturated rings. The molecule has 102 valence electrons. The second-order valence-electron chi connectivity index (χ2n) is 4.41. The van der Waals surface area contributed by atoms with Crippen LogP contribution in [-0.2, 0) is 0 Å². The van der Waals surface area contributed by atoms with Crippen LogP contribution in [0.5, 0.6) is 5.75 Å². The standard InChI is InChI=1S/C14H21ClFNO/c1-3-4-5-8-17-10-11(2)18-14-7-6-12(16)9-13(14)15/h6-7,9,11,17H,3-5,8,10H2,1-2H3. The Morgan fingerprint density at radius 2 is 2.17 bits per heavy atom. The van der Waals surface area contributed by atoms with E-state index >= 15 is 0 Å². The maximum atomic E-state index is 12.9. The molecule has 0 radical (unpaired) electrons. The molecule has 0 amide bonds. The number of rotatable bonds is 8. The molecular weight excluding hydrogens is 253 g/mol. The van der Waals surface area contributed by atoms with Gasteiger partial charge in [-0.1, -0.05) is 31.4 Å². The van der Waals surface area contributed by atoms with Gasteiger partial charge in [0.25, 0.3) is 0 Å². The summed E-state index contributed by atoms with van der Waals surface area (Å²) in [5.41, 5.74) is 0. The van der Waals surface area contributed by atoms with E-state index in [9.17, 15) is 4.39 Å². The first kappa shape index (κ1) is 15.3. The van der Waals surface area contributed by atoms with Crippen molar-refractivity contribution in [2.24, 2.45) is 0 Å². The van der Waals surface area contributed by atoms with Crippen molar-refractivity contribution >= 4 is 11.6 Å². The van der Waals surface area contributed by atoms with Gasteiger partial charge in [0.15, 0.2) is 0 Å². The molecule has 0 aliphatic carbocycles. The number of benzene rings is 1. The van der Waals surface area contributed by atoms with Gasteiger partial charge in [-0.15, -0.1) is 0 Å². The van der Waals surface area contributed by atoms with Crippen molar-refractivity contribution in [2.75, 3.05) is 13.1 Å². The van der Waals surface area contributed by atoms with Crippen LogP contribution in [0.2, 0.25) is 5.02 Å². The quantitative estimate of drug-likeness (QED) is 0.722. The molecule has 0 aliphatic heterocycles. The highest BCUT2D eigenvalue weighted by Gasteiger charge is 2.07. The minimum atomic E-state index is -0.349. The fraction of sp³-hybridized carbons (Fsp3) is 0.571. The summed E-state index contributed by atoms with van der Waals surface area (Å²) in [5.74, 6) is 0.179. The molecule has 4 heteroatoms. The van der Waals surface area contributed by atoms with Crippen LogP contribution in [0.3, 0.4) is 0 Å². The minimum Gasteiger partial charge on any atom is -0.488 e. The lowest BCUT2D eigenvalue weighted by Crippen LogP contribution is -2.29. The lowest BCUT2D eigenvalue weighted by atomic mass is 10.2. The van der Waals surface area contributed by atoms with Crippen LogP contribution in [0.25, 0.3) is 0 Å². The second kappa shape index (κ2) is 8.33. The van der Waals surface area contributed by atoms with Crippen LogP contribution in [0.1, 0.15) is 33.1 Å². The van der Waals surface area contributed by atoms with Gasteiger partial charge in [-0.25, -0.2) is 4.39 Å². The highest BCUT2D eigenvalue weighted by Crippen LogP contribution is 2.25. The third-order valence-electron chi connectivity index (χ3n) is 2.61. The van der Waals surface area contributed by atoms with Gasteiger partial charge >= 0.3 is 0 Å². The lowest BCUT2D eigenvalue weighted by molar-refractivity contribution is 0.217. The number of ether oxygens (including phenoxy) is 1. The topological polar surface area (TPSA) is 21.3 Å². The summed E-state index contributed by atoms with van der Waals surface area (Å²) in [6.45, 7) is 5.91. The molecule has 18 heavy (non-hydrogen) atoms. The van der Waals surface area contributed by atoms with Crippen molar-refractivity contribution in [3.05, 3.63) is 29.0 Å². The van der Waals surface area contributed by atoms with Crippen LogP contribution in [0.15, 0.2) is 18.2 Å². The molecule has 1 unspecified atom stereocenters. The van der Waals surface area contributed by atoms with Gasteiger partial charge < -0.3 is 10.1 Å². The Hall–Kier alpha value is -0.800. The number of unbranched alkanes of at least 4 members (excludes halogenated alkanes) is 2. The highest BCUT2D eigenvalue weighted by atomic mass is 35.5. The van der Waals surface area contributed by atoms with Crippen molar-refractivity contribution < 1.29 is 9.13 Å². The summed E-state index contributed by atoms with van der Waals surface area (Å²) in [5, 5.41) is 3.64. The molecule has 1 aromatic rings. The molecular formula is C14H21ClFNO. The van der Waals surface area contributed by atoms with Crippen molar-refractivity contribution in [1.82, 2.24) is 5.32 Å². The maximum absolute atomic E-state index is 12.9. The van der Waals surface area contributed by atoms with E-state index in [0.717, 1.165) is 13.1 Å². The van der Waals surface area contributed by atoms with Crippen LogP contribution in [0.4, 0.5) is 4.39 Å². The predicted molar refractivity (Wildman–Crippen MR) is 73.9 cm³/mol. The van der Waals surface area contributed by atoms with Crippen LogP contribution < -0.4 is 10.1 Å². The summed E-state index contributed by atoms with van der Waals surface area (Å²) >= 11 is 5.89. The fourth-order valence-corrected chi connectivity index (χ4v) is 1.85. The summed E-state index contributed by atoms with van der Waals surface area (Å²) < 4.78 is 18.5. The van der Waals surface area contributed by atoms with E-state index in [1.165, 1.54) is 31.4 Å². The average molecular weight is 274 g/mol. The molecule has 0 bridgehead atoms. The smallest absolute Gasteiger partial charge is 0.138 e. The highest BCUT2D eigenvalue weighted by molar-refractivity contribution is 6.32. The van der Waals surface area contributed by atoms with E-state index in [0.29, 0.717) is 10.8 Å². The number of hydrogen-bond donors (Lipinski definition) is 1. The Morgan fingerprint density at radius 3 is 2.83 bits per heavy atom. The Balaban J connectivity index is 2.28. The zero-order chi connectivity index (χ0) is 13.4. The summed E-state index contributed by atoms with van der Waals surface area (Å²) in [7, 11) is 0. The molecule has 0 saturated carbocycles. The Labute approximate surface area is 113 Å². The van der Waals surface area contributed by atoms with Crippen molar-refractivity contribution in [3.8, 4) is 5.75 Å². The molecule has 0 aromatic heterocycles. The molecule has 0 heterocycles. The van der Waals surface area contributed by atoms with E-state index in [4.69, 9.17) is 16.3 Å². The minimum absolute atomic E-state index is 0.00888. The van der Waals surface area contributed by atoms with Crippen LogP contribution in [-0.4, -0.2) is 19.2 Å². The lowest BCUT2D eigenvalue weighted by Gasteiger charge is -2.16.